The number of methoxy groups -OCH3 is 2. The normalized spacial score (nSPS) is 13.0. The molecular weight excluding hydrogens is 418 g/mol. The Morgan fingerprint density at radius 2 is 1.61 bits per heavy atom. The summed E-state index contributed by atoms with van der Waals surface area (Å²) in [4.78, 5) is 23.9. The molecule has 1 N–H and O–H groups in total. The van der Waals surface area contributed by atoms with Crippen LogP contribution in [0.3, 0.4) is 0 Å². The van der Waals surface area contributed by atoms with Gasteiger partial charge in [-0.3, -0.25) is 9.59 Å². The molecule has 1 aliphatic rings. The van der Waals surface area contributed by atoms with Gasteiger partial charge in [-0.05, 0) is 41.0 Å². The number of rotatable bonds is 5. The van der Waals surface area contributed by atoms with E-state index in [1.165, 1.54) is 11.9 Å². The monoisotopic (exact) mass is 443 g/mol. The molecule has 3 aromatic rings. The molecule has 1 heterocycles. The van der Waals surface area contributed by atoms with Gasteiger partial charge in [0.15, 0.2) is 11.5 Å². The van der Waals surface area contributed by atoms with Crippen molar-refractivity contribution in [2.45, 2.75) is 13.3 Å². The van der Waals surface area contributed by atoms with Crippen LogP contribution in [-0.2, 0) is 16.0 Å². The molecule has 3 aromatic carbocycles. The lowest BCUT2D eigenvalue weighted by Crippen LogP contribution is -2.22. The highest BCUT2D eigenvalue weighted by Crippen LogP contribution is 2.34. The molecule has 0 unspecified atom stereocenters. The number of benzene rings is 3. The average Bonchev–Trinajstić information content (AvgIpc) is 2.93. The minimum Gasteiger partial charge on any atom is -0.493 e. The first-order chi connectivity index (χ1) is 15.9. The third-order valence-electron chi connectivity index (χ3n) is 5.49. The summed E-state index contributed by atoms with van der Waals surface area (Å²) in [6.07, 6.45) is 0.215. The van der Waals surface area contributed by atoms with Crippen molar-refractivity contribution in [3.05, 3.63) is 77.4 Å². The maximum atomic E-state index is 12.6. The van der Waals surface area contributed by atoms with Crippen LogP contribution < -0.4 is 14.8 Å². The van der Waals surface area contributed by atoms with Gasteiger partial charge >= 0.3 is 0 Å². The Kier molecular flexibility index (Phi) is 6.13. The topological polar surface area (TPSA) is 80.2 Å². The summed E-state index contributed by atoms with van der Waals surface area (Å²) in [6.45, 7) is 1.49. The van der Waals surface area contributed by atoms with Crippen LogP contribution in [0.25, 0.3) is 11.1 Å². The summed E-state index contributed by atoms with van der Waals surface area (Å²) < 4.78 is 10.9. The maximum Gasteiger partial charge on any atom is 0.246 e. The van der Waals surface area contributed by atoms with E-state index in [2.05, 4.69) is 10.4 Å². The molecule has 0 aliphatic carbocycles. The zero-order valence-corrected chi connectivity index (χ0v) is 19.0. The number of hydrogen-bond donors (Lipinski definition) is 1. The molecule has 33 heavy (non-hydrogen) atoms. The van der Waals surface area contributed by atoms with Gasteiger partial charge in [0.1, 0.15) is 0 Å². The number of anilines is 1. The van der Waals surface area contributed by atoms with Crippen molar-refractivity contribution >= 4 is 23.2 Å². The number of nitrogens with zero attached hydrogens (tertiary/aromatic N) is 2. The molecule has 168 valence electrons. The second-order valence-electron chi connectivity index (χ2n) is 7.75. The van der Waals surface area contributed by atoms with Crippen LogP contribution in [0.5, 0.6) is 11.5 Å². The highest BCUT2D eigenvalue weighted by molar-refractivity contribution is 6.15. The van der Waals surface area contributed by atoms with Crippen LogP contribution in [0.1, 0.15) is 23.6 Å². The molecule has 0 atom stereocenters. The predicted molar refractivity (Wildman–Crippen MR) is 128 cm³/mol. The second kappa shape index (κ2) is 9.16. The molecule has 0 aromatic heterocycles. The number of hydrazone groups is 1. The predicted octanol–water partition coefficient (Wildman–Crippen LogP) is 4.10. The first-order valence-electron chi connectivity index (χ1n) is 10.5. The molecule has 2 amide bonds. The Labute approximate surface area is 192 Å². The van der Waals surface area contributed by atoms with E-state index in [1.54, 1.807) is 21.3 Å². The molecule has 0 radical (unpaired) electrons. The lowest BCUT2D eigenvalue weighted by atomic mass is 9.94. The van der Waals surface area contributed by atoms with Gasteiger partial charge < -0.3 is 14.8 Å². The third kappa shape index (κ3) is 4.57. The number of likely N-dealkylation sites (N-methyl/N-ethyl adjacent to an activating group) is 1. The van der Waals surface area contributed by atoms with E-state index in [0.29, 0.717) is 17.2 Å². The highest BCUT2D eigenvalue weighted by atomic mass is 16.5. The fraction of sp³-hybridized carbons (Fsp3) is 0.192. The molecule has 1 aliphatic heterocycles. The summed E-state index contributed by atoms with van der Waals surface area (Å²) in [5.41, 5.74) is 5.92. The molecule has 0 saturated heterocycles. The van der Waals surface area contributed by atoms with Gasteiger partial charge in [0.2, 0.25) is 11.8 Å². The molecule has 4 rings (SSSR count). The molecule has 7 nitrogen and oxygen atoms in total. The van der Waals surface area contributed by atoms with Crippen LogP contribution in [0.15, 0.2) is 65.8 Å². The molecule has 7 heteroatoms. The fourth-order valence-electron chi connectivity index (χ4n) is 3.84. The number of nitrogens with one attached hydrogen (secondary N) is 1. The van der Waals surface area contributed by atoms with Gasteiger partial charge in [0.05, 0.1) is 26.4 Å². The van der Waals surface area contributed by atoms with Crippen molar-refractivity contribution in [2.75, 3.05) is 26.6 Å². The summed E-state index contributed by atoms with van der Waals surface area (Å²) in [7, 11) is 4.81. The first-order valence-corrected chi connectivity index (χ1v) is 10.5. The summed E-state index contributed by atoms with van der Waals surface area (Å²) in [5.74, 6) is 0.929. The lowest BCUT2D eigenvalue weighted by molar-refractivity contribution is -0.129. The van der Waals surface area contributed by atoms with E-state index in [9.17, 15) is 9.59 Å². The smallest absolute Gasteiger partial charge is 0.246 e. The van der Waals surface area contributed by atoms with E-state index in [0.717, 1.165) is 33.5 Å². The zero-order valence-electron chi connectivity index (χ0n) is 19.0. The van der Waals surface area contributed by atoms with E-state index >= 15 is 0 Å². The molecule has 0 saturated carbocycles. The summed E-state index contributed by atoms with van der Waals surface area (Å²) in [6, 6.07) is 19.3. The van der Waals surface area contributed by atoms with E-state index < -0.39 is 0 Å². The second-order valence-corrected chi connectivity index (χ2v) is 7.75. The zero-order chi connectivity index (χ0) is 23.5. The Bertz CT molecular complexity index is 1250. The van der Waals surface area contributed by atoms with Crippen molar-refractivity contribution < 1.29 is 19.1 Å². The van der Waals surface area contributed by atoms with Crippen LogP contribution in [-0.4, -0.2) is 43.8 Å². The Morgan fingerprint density at radius 3 is 2.27 bits per heavy atom. The van der Waals surface area contributed by atoms with E-state index in [1.807, 2.05) is 60.7 Å². The number of carbonyl (C=O) groups excluding carboxylic acids is 2. The minimum atomic E-state index is -0.113. The highest BCUT2D eigenvalue weighted by Gasteiger charge is 2.24. The van der Waals surface area contributed by atoms with Crippen molar-refractivity contribution in [1.82, 2.24) is 5.01 Å². The fourth-order valence-corrected chi connectivity index (χ4v) is 3.84. The van der Waals surface area contributed by atoms with Gasteiger partial charge in [-0.15, -0.1) is 0 Å². The molecule has 0 bridgehead atoms. The first kappa shape index (κ1) is 22.1. The van der Waals surface area contributed by atoms with Crippen molar-refractivity contribution in [1.29, 1.82) is 0 Å². The van der Waals surface area contributed by atoms with Crippen LogP contribution >= 0.6 is 0 Å². The Hall–Kier alpha value is -4.13. The van der Waals surface area contributed by atoms with Gasteiger partial charge in [0, 0.05) is 30.8 Å². The summed E-state index contributed by atoms with van der Waals surface area (Å²) in [5, 5.41) is 8.79. The maximum absolute atomic E-state index is 12.6. The average molecular weight is 444 g/mol. The van der Waals surface area contributed by atoms with Gasteiger partial charge in [-0.1, -0.05) is 36.4 Å². The number of fused-ring (bicyclic) bond motifs is 1. The Morgan fingerprint density at radius 1 is 0.939 bits per heavy atom. The number of ether oxygens (including phenoxy) is 2. The van der Waals surface area contributed by atoms with Crippen LogP contribution in [0.4, 0.5) is 5.69 Å². The van der Waals surface area contributed by atoms with Gasteiger partial charge in [-0.25, -0.2) is 5.01 Å². The molecule has 0 fully saturated rings. The van der Waals surface area contributed by atoms with E-state index in [-0.39, 0.29) is 18.2 Å². The summed E-state index contributed by atoms with van der Waals surface area (Å²) >= 11 is 0. The standard InChI is InChI=1S/C26H25N3O4/c1-16(30)27-21-7-5-6-19(12-21)17-8-10-18(11-9-17)26-22-15-24(33-4)23(32-3)13-20(22)14-25(31)29(2)28-26/h5-13,15H,14H2,1-4H3,(H,27,30). The molecular formula is C26H25N3O4. The minimum absolute atomic E-state index is 0.107. The van der Waals surface area contributed by atoms with Crippen LogP contribution in [0.2, 0.25) is 0 Å². The lowest BCUT2D eigenvalue weighted by Gasteiger charge is -2.15. The van der Waals surface area contributed by atoms with Crippen molar-refractivity contribution in [2.24, 2.45) is 5.10 Å². The number of carbonyl (C=O) groups is 2. The SMILES string of the molecule is COc1cc2c(cc1OC)C(c1ccc(-c3cccc(NC(C)=O)c3)cc1)=NN(C)C(=O)C2. The third-order valence-corrected chi connectivity index (χ3v) is 5.49. The van der Waals surface area contributed by atoms with Crippen LogP contribution in [0, 0.1) is 0 Å². The van der Waals surface area contributed by atoms with E-state index in [4.69, 9.17) is 9.47 Å². The van der Waals surface area contributed by atoms with Gasteiger partial charge in [0.25, 0.3) is 0 Å². The van der Waals surface area contributed by atoms with Gasteiger partial charge in [-0.2, -0.15) is 5.10 Å². The van der Waals surface area contributed by atoms with Crippen molar-refractivity contribution in [3.63, 3.8) is 0 Å². The van der Waals surface area contributed by atoms with Crippen molar-refractivity contribution in [3.8, 4) is 22.6 Å². The Balaban J connectivity index is 1.75. The number of amides is 2. The number of hydrogen-bond acceptors (Lipinski definition) is 5. The largest absolute Gasteiger partial charge is 0.493 e. The molecule has 0 spiro atoms. The quantitative estimate of drug-likeness (QED) is 0.644.